The molecule has 0 radical (unpaired) electrons. The fourth-order valence-electron chi connectivity index (χ4n) is 3.57. The van der Waals surface area contributed by atoms with Crippen molar-refractivity contribution in [3.63, 3.8) is 0 Å². The zero-order chi connectivity index (χ0) is 18.7. The summed E-state index contributed by atoms with van der Waals surface area (Å²) >= 11 is 1.72. The van der Waals surface area contributed by atoms with Gasteiger partial charge in [-0.1, -0.05) is 25.1 Å². The number of aliphatic hydroxyl groups is 1. The van der Waals surface area contributed by atoms with E-state index in [-0.39, 0.29) is 12.4 Å². The number of anilines is 2. The number of hydrogen-bond acceptors (Lipinski definition) is 5. The smallest absolute Gasteiger partial charge is 0.309 e. The molecule has 1 atom stereocenters. The van der Waals surface area contributed by atoms with Crippen LogP contribution >= 0.6 is 11.8 Å². The van der Waals surface area contributed by atoms with Gasteiger partial charge < -0.3 is 14.7 Å². The zero-order valence-corrected chi connectivity index (χ0v) is 16.3. The van der Waals surface area contributed by atoms with Gasteiger partial charge in [0.2, 0.25) is 0 Å². The first kappa shape index (κ1) is 18.8. The molecule has 1 N–H and O–H groups in total. The predicted molar refractivity (Wildman–Crippen MR) is 106 cm³/mol. The Morgan fingerprint density at radius 2 is 2.00 bits per heavy atom. The Kier molecular flexibility index (Phi) is 5.58. The topological polar surface area (TPSA) is 49.8 Å². The first-order chi connectivity index (χ1) is 12.5. The average Bonchev–Trinajstić information content (AvgIpc) is 2.70. The van der Waals surface area contributed by atoms with Crippen LogP contribution in [0.5, 0.6) is 0 Å². The van der Waals surface area contributed by atoms with Gasteiger partial charge in [-0.3, -0.25) is 4.79 Å². The molecule has 1 aliphatic heterocycles. The van der Waals surface area contributed by atoms with Gasteiger partial charge in [0.05, 0.1) is 13.0 Å². The third-order valence-electron chi connectivity index (χ3n) is 4.72. The third-order valence-corrected chi connectivity index (χ3v) is 5.60. The summed E-state index contributed by atoms with van der Waals surface area (Å²) in [6.45, 7) is 4.19. The molecule has 1 heterocycles. The van der Waals surface area contributed by atoms with E-state index in [4.69, 9.17) is 4.74 Å². The number of para-hydroxylation sites is 1. The SMILES string of the molecule is CCOC(=O)CC1(O)Cc2ccccc2N(C)c2ccc(SCC)cc21. The van der Waals surface area contributed by atoms with Crippen LogP contribution < -0.4 is 4.90 Å². The van der Waals surface area contributed by atoms with Crippen molar-refractivity contribution in [1.82, 2.24) is 0 Å². The van der Waals surface area contributed by atoms with E-state index >= 15 is 0 Å². The van der Waals surface area contributed by atoms with Gasteiger partial charge in [0.1, 0.15) is 5.60 Å². The molecule has 0 spiro atoms. The Bertz CT molecular complexity index is 808. The van der Waals surface area contributed by atoms with Crippen LogP contribution in [0, 0.1) is 0 Å². The van der Waals surface area contributed by atoms with Crippen LogP contribution in [-0.2, 0) is 21.6 Å². The molecule has 4 nitrogen and oxygen atoms in total. The molecule has 0 fully saturated rings. The Hall–Kier alpha value is -1.98. The van der Waals surface area contributed by atoms with E-state index in [0.717, 1.165) is 33.2 Å². The van der Waals surface area contributed by atoms with E-state index < -0.39 is 5.60 Å². The lowest BCUT2D eigenvalue weighted by Crippen LogP contribution is -2.32. The van der Waals surface area contributed by atoms with Crippen molar-refractivity contribution < 1.29 is 14.6 Å². The lowest BCUT2D eigenvalue weighted by Gasteiger charge is -2.29. The lowest BCUT2D eigenvalue weighted by atomic mass is 9.84. The van der Waals surface area contributed by atoms with E-state index in [0.29, 0.717) is 13.0 Å². The molecule has 0 aromatic heterocycles. The summed E-state index contributed by atoms with van der Waals surface area (Å²) in [6.07, 6.45) is 0.315. The molecule has 1 unspecified atom stereocenters. The van der Waals surface area contributed by atoms with Crippen molar-refractivity contribution in [2.24, 2.45) is 0 Å². The van der Waals surface area contributed by atoms with Crippen LogP contribution in [-0.4, -0.2) is 30.5 Å². The number of carbonyl (C=O) groups is 1. The number of fused-ring (bicyclic) bond motifs is 2. The van der Waals surface area contributed by atoms with Gasteiger partial charge in [-0.25, -0.2) is 0 Å². The molecule has 2 aromatic carbocycles. The van der Waals surface area contributed by atoms with Crippen LogP contribution in [0.15, 0.2) is 47.4 Å². The first-order valence-corrected chi connectivity index (χ1v) is 9.94. The van der Waals surface area contributed by atoms with Crippen LogP contribution in [0.1, 0.15) is 31.4 Å². The van der Waals surface area contributed by atoms with Crippen molar-refractivity contribution in [2.45, 2.75) is 37.2 Å². The van der Waals surface area contributed by atoms with Crippen LogP contribution in [0.25, 0.3) is 0 Å². The summed E-state index contributed by atoms with van der Waals surface area (Å²) in [5, 5.41) is 11.6. The number of nitrogens with zero attached hydrogens (tertiary/aromatic N) is 1. The van der Waals surface area contributed by atoms with Crippen molar-refractivity contribution in [1.29, 1.82) is 0 Å². The lowest BCUT2D eigenvalue weighted by molar-refractivity contribution is -0.149. The highest BCUT2D eigenvalue weighted by molar-refractivity contribution is 7.99. The molecule has 0 bridgehead atoms. The highest BCUT2D eigenvalue weighted by Gasteiger charge is 2.39. The van der Waals surface area contributed by atoms with Crippen molar-refractivity contribution >= 4 is 29.1 Å². The highest BCUT2D eigenvalue weighted by atomic mass is 32.2. The number of benzene rings is 2. The molecular weight excluding hydrogens is 346 g/mol. The van der Waals surface area contributed by atoms with Gasteiger partial charge >= 0.3 is 5.97 Å². The van der Waals surface area contributed by atoms with Crippen molar-refractivity contribution in [3.05, 3.63) is 53.6 Å². The van der Waals surface area contributed by atoms with E-state index in [2.05, 4.69) is 17.9 Å². The zero-order valence-electron chi connectivity index (χ0n) is 15.5. The minimum Gasteiger partial charge on any atom is -0.466 e. The number of hydrogen-bond donors (Lipinski definition) is 1. The van der Waals surface area contributed by atoms with Crippen LogP contribution in [0.3, 0.4) is 0 Å². The quantitative estimate of drug-likeness (QED) is 0.628. The van der Waals surface area contributed by atoms with Crippen molar-refractivity contribution in [3.8, 4) is 0 Å². The Morgan fingerprint density at radius 3 is 2.73 bits per heavy atom. The second-order valence-corrected chi connectivity index (χ2v) is 7.83. The molecule has 26 heavy (non-hydrogen) atoms. The molecule has 0 amide bonds. The Balaban J connectivity index is 2.15. The maximum atomic E-state index is 12.2. The molecule has 0 saturated carbocycles. The molecule has 0 aliphatic carbocycles. The van der Waals surface area contributed by atoms with Crippen LogP contribution in [0.2, 0.25) is 0 Å². The molecule has 2 aromatic rings. The molecule has 3 rings (SSSR count). The summed E-state index contributed by atoms with van der Waals surface area (Å²) in [7, 11) is 2.00. The summed E-state index contributed by atoms with van der Waals surface area (Å²) in [5.74, 6) is 0.571. The Morgan fingerprint density at radius 1 is 1.23 bits per heavy atom. The van der Waals surface area contributed by atoms with Crippen molar-refractivity contribution in [2.75, 3.05) is 24.3 Å². The molecule has 138 valence electrons. The fraction of sp³-hybridized carbons (Fsp3) is 0.381. The van der Waals surface area contributed by atoms with Gasteiger partial charge in [-0.05, 0) is 42.5 Å². The summed E-state index contributed by atoms with van der Waals surface area (Å²) in [4.78, 5) is 15.4. The molecule has 5 heteroatoms. The summed E-state index contributed by atoms with van der Waals surface area (Å²) < 4.78 is 5.14. The predicted octanol–water partition coefficient (Wildman–Crippen LogP) is 4.26. The standard InChI is InChI=1S/C21H25NO3S/c1-4-25-20(23)14-21(24)13-15-8-6-7-9-18(15)22(3)19-11-10-16(26-5-2)12-17(19)21/h6-12,24H,4-5,13-14H2,1-3H3. The average molecular weight is 372 g/mol. The van der Waals surface area contributed by atoms with E-state index in [1.807, 2.05) is 43.4 Å². The monoisotopic (exact) mass is 371 g/mol. The number of ether oxygens (including phenoxy) is 1. The van der Waals surface area contributed by atoms with Crippen LogP contribution in [0.4, 0.5) is 11.4 Å². The molecule has 1 aliphatic rings. The second-order valence-electron chi connectivity index (χ2n) is 6.49. The summed E-state index contributed by atoms with van der Waals surface area (Å²) in [6, 6.07) is 14.1. The number of thioether (sulfide) groups is 1. The number of esters is 1. The largest absolute Gasteiger partial charge is 0.466 e. The van der Waals surface area contributed by atoms with Gasteiger partial charge in [-0.2, -0.15) is 0 Å². The maximum Gasteiger partial charge on any atom is 0.309 e. The normalized spacial score (nSPS) is 18.7. The molecular formula is C21H25NO3S. The fourth-order valence-corrected chi connectivity index (χ4v) is 4.27. The highest BCUT2D eigenvalue weighted by Crippen LogP contribution is 2.45. The molecule has 0 saturated heterocycles. The number of rotatable bonds is 5. The minimum atomic E-state index is -1.30. The van der Waals surface area contributed by atoms with Gasteiger partial charge in [0.15, 0.2) is 0 Å². The number of carbonyl (C=O) groups excluding carboxylic acids is 1. The third kappa shape index (κ3) is 3.60. The maximum absolute atomic E-state index is 12.2. The Labute approximate surface area is 159 Å². The van der Waals surface area contributed by atoms with E-state index in [9.17, 15) is 9.90 Å². The first-order valence-electron chi connectivity index (χ1n) is 8.95. The second kappa shape index (κ2) is 7.72. The van der Waals surface area contributed by atoms with Gasteiger partial charge in [-0.15, -0.1) is 11.8 Å². The van der Waals surface area contributed by atoms with E-state index in [1.54, 1.807) is 18.7 Å². The van der Waals surface area contributed by atoms with Gasteiger partial charge in [0.25, 0.3) is 0 Å². The van der Waals surface area contributed by atoms with E-state index in [1.165, 1.54) is 0 Å². The minimum absolute atomic E-state index is 0.0593. The van der Waals surface area contributed by atoms with Gasteiger partial charge in [0, 0.05) is 35.3 Å². The summed E-state index contributed by atoms with van der Waals surface area (Å²) in [5.41, 5.74) is 2.46.